The number of nitro benzene ring substituents is 1. The Labute approximate surface area is 152 Å². The highest BCUT2D eigenvalue weighted by molar-refractivity contribution is 7.92. The lowest BCUT2D eigenvalue weighted by Gasteiger charge is -2.00. The van der Waals surface area contributed by atoms with E-state index in [1.54, 1.807) is 35.9 Å². The van der Waals surface area contributed by atoms with E-state index in [0.717, 1.165) is 11.3 Å². The molecule has 3 aromatic rings. The van der Waals surface area contributed by atoms with Crippen LogP contribution in [-0.2, 0) is 21.7 Å². The molecule has 0 radical (unpaired) electrons. The second-order valence-corrected chi connectivity index (χ2v) is 8.43. The maximum atomic E-state index is 12.3. The largest absolute Gasteiger partial charge is 0.319 e. The van der Waals surface area contributed by atoms with Crippen molar-refractivity contribution in [2.75, 3.05) is 5.75 Å². The summed E-state index contributed by atoms with van der Waals surface area (Å²) >= 11 is 1.08. The third-order valence-electron chi connectivity index (χ3n) is 3.64. The van der Waals surface area contributed by atoms with Crippen LogP contribution in [0.4, 0.5) is 5.69 Å². The molecule has 0 saturated carbocycles. The molecule has 2 aromatic carbocycles. The van der Waals surface area contributed by atoms with Crippen molar-refractivity contribution < 1.29 is 18.1 Å². The van der Waals surface area contributed by atoms with Crippen LogP contribution in [-0.4, -0.2) is 29.6 Å². The molecular formula is C16H13N3O5S2. The fourth-order valence-electron chi connectivity index (χ4n) is 2.36. The van der Waals surface area contributed by atoms with Gasteiger partial charge in [-0.15, -0.1) is 0 Å². The van der Waals surface area contributed by atoms with Gasteiger partial charge in [0.1, 0.15) is 5.75 Å². The van der Waals surface area contributed by atoms with E-state index in [1.807, 2.05) is 0 Å². The Balaban J connectivity index is 1.95. The molecule has 10 heteroatoms. The van der Waals surface area contributed by atoms with E-state index in [-0.39, 0.29) is 15.4 Å². The van der Waals surface area contributed by atoms with Gasteiger partial charge in [-0.1, -0.05) is 29.5 Å². The Morgan fingerprint density at radius 2 is 1.92 bits per heavy atom. The molecule has 134 valence electrons. The lowest BCUT2D eigenvalue weighted by atomic mass is 10.3. The van der Waals surface area contributed by atoms with Gasteiger partial charge in [-0.3, -0.25) is 14.9 Å². The number of aromatic nitrogens is 1. The normalized spacial score (nSPS) is 12.4. The first kappa shape index (κ1) is 18.0. The number of aryl methyl sites for hydroxylation is 1. The van der Waals surface area contributed by atoms with Gasteiger partial charge in [-0.05, 0) is 18.2 Å². The molecule has 0 unspecified atom stereocenters. The molecule has 0 bridgehead atoms. The second kappa shape index (κ2) is 6.81. The first-order chi connectivity index (χ1) is 12.3. The molecule has 8 nitrogen and oxygen atoms in total. The zero-order valence-electron chi connectivity index (χ0n) is 13.5. The standard InChI is InChI=1S/C16H13N3O5S2/c1-18-13-8-7-11(19(21)22)9-14(13)25-16(18)17-15(20)10-26(23,24)12-5-3-2-4-6-12/h2-9H,10H2,1H3. The van der Waals surface area contributed by atoms with Crippen LogP contribution in [0.5, 0.6) is 0 Å². The minimum Gasteiger partial charge on any atom is -0.319 e. The molecule has 0 saturated heterocycles. The summed E-state index contributed by atoms with van der Waals surface area (Å²) in [6.07, 6.45) is 0. The van der Waals surface area contributed by atoms with Crippen LogP contribution in [0.25, 0.3) is 10.2 Å². The highest BCUT2D eigenvalue weighted by Crippen LogP contribution is 2.22. The van der Waals surface area contributed by atoms with E-state index < -0.39 is 26.4 Å². The number of nitrogens with zero attached hydrogens (tertiary/aromatic N) is 3. The average molecular weight is 391 g/mol. The van der Waals surface area contributed by atoms with Gasteiger partial charge in [0.15, 0.2) is 14.6 Å². The molecule has 1 amide bonds. The molecule has 0 spiro atoms. The number of non-ortho nitro benzene ring substituents is 1. The van der Waals surface area contributed by atoms with Crippen molar-refractivity contribution in [3.05, 3.63) is 63.4 Å². The molecule has 0 aliphatic carbocycles. The van der Waals surface area contributed by atoms with Crippen LogP contribution in [0.15, 0.2) is 58.4 Å². The number of benzene rings is 2. The van der Waals surface area contributed by atoms with Crippen LogP contribution in [0.2, 0.25) is 0 Å². The summed E-state index contributed by atoms with van der Waals surface area (Å²) in [6, 6.07) is 12.0. The van der Waals surface area contributed by atoms with E-state index in [1.165, 1.54) is 24.3 Å². The van der Waals surface area contributed by atoms with Gasteiger partial charge in [0, 0.05) is 19.2 Å². The number of thiazole rings is 1. The van der Waals surface area contributed by atoms with Gasteiger partial charge in [-0.2, -0.15) is 4.99 Å². The number of rotatable bonds is 4. The molecule has 0 aliphatic rings. The quantitative estimate of drug-likeness (QED) is 0.499. The first-order valence-electron chi connectivity index (χ1n) is 7.37. The molecule has 0 N–H and O–H groups in total. The molecular weight excluding hydrogens is 378 g/mol. The van der Waals surface area contributed by atoms with Crippen LogP contribution >= 0.6 is 11.3 Å². The average Bonchev–Trinajstić information content (AvgIpc) is 2.90. The van der Waals surface area contributed by atoms with Crippen molar-refractivity contribution in [3.63, 3.8) is 0 Å². The fraction of sp³-hybridized carbons (Fsp3) is 0.125. The molecule has 0 atom stereocenters. The zero-order chi connectivity index (χ0) is 18.9. The summed E-state index contributed by atoms with van der Waals surface area (Å²) in [7, 11) is -2.12. The summed E-state index contributed by atoms with van der Waals surface area (Å²) in [6.45, 7) is 0. The molecule has 0 fully saturated rings. The topological polar surface area (TPSA) is 112 Å². The minimum atomic E-state index is -3.78. The third-order valence-corrected chi connectivity index (χ3v) is 6.35. The van der Waals surface area contributed by atoms with Crippen molar-refractivity contribution in [2.45, 2.75) is 4.90 Å². The van der Waals surface area contributed by atoms with Crippen molar-refractivity contribution in [1.82, 2.24) is 4.57 Å². The summed E-state index contributed by atoms with van der Waals surface area (Å²) < 4.78 is 26.7. The molecule has 1 aromatic heterocycles. The summed E-state index contributed by atoms with van der Waals surface area (Å²) in [5, 5.41) is 10.9. The highest BCUT2D eigenvalue weighted by atomic mass is 32.2. The maximum Gasteiger partial charge on any atom is 0.270 e. The molecule has 3 rings (SSSR count). The maximum absolute atomic E-state index is 12.3. The molecule has 26 heavy (non-hydrogen) atoms. The Bertz CT molecular complexity index is 1180. The number of nitro groups is 1. The van der Waals surface area contributed by atoms with E-state index >= 15 is 0 Å². The fourth-order valence-corrected chi connectivity index (χ4v) is 4.55. The summed E-state index contributed by atoms with van der Waals surface area (Å²) in [5.74, 6) is -1.55. The first-order valence-corrected chi connectivity index (χ1v) is 9.84. The van der Waals surface area contributed by atoms with Crippen LogP contribution in [0, 0.1) is 10.1 Å². The van der Waals surface area contributed by atoms with Crippen molar-refractivity contribution in [1.29, 1.82) is 0 Å². The van der Waals surface area contributed by atoms with Gasteiger partial charge < -0.3 is 4.57 Å². The second-order valence-electron chi connectivity index (χ2n) is 5.43. The monoisotopic (exact) mass is 391 g/mol. The number of carbonyl (C=O) groups excluding carboxylic acids is 1. The van der Waals surface area contributed by atoms with Gasteiger partial charge in [0.25, 0.3) is 11.6 Å². The van der Waals surface area contributed by atoms with Gasteiger partial charge >= 0.3 is 0 Å². The van der Waals surface area contributed by atoms with Crippen molar-refractivity contribution in [3.8, 4) is 0 Å². The lowest BCUT2D eigenvalue weighted by molar-refractivity contribution is -0.384. The zero-order valence-corrected chi connectivity index (χ0v) is 15.2. The molecule has 1 heterocycles. The third kappa shape index (κ3) is 3.55. The van der Waals surface area contributed by atoms with E-state index in [4.69, 9.17) is 0 Å². The number of sulfone groups is 1. The van der Waals surface area contributed by atoms with E-state index in [0.29, 0.717) is 10.2 Å². The Morgan fingerprint density at radius 1 is 1.23 bits per heavy atom. The van der Waals surface area contributed by atoms with Crippen LogP contribution < -0.4 is 4.80 Å². The van der Waals surface area contributed by atoms with Gasteiger partial charge in [0.2, 0.25) is 0 Å². The SMILES string of the molecule is Cn1c(=NC(=O)CS(=O)(=O)c2ccccc2)sc2cc([N+](=O)[O-])ccc21. The van der Waals surface area contributed by atoms with Crippen molar-refractivity contribution in [2.24, 2.45) is 12.0 Å². The number of hydrogen-bond donors (Lipinski definition) is 0. The number of fused-ring (bicyclic) bond motifs is 1. The van der Waals surface area contributed by atoms with Crippen molar-refractivity contribution >= 4 is 43.0 Å². The minimum absolute atomic E-state index is 0.0555. The lowest BCUT2D eigenvalue weighted by Crippen LogP contribution is -2.19. The Hall–Kier alpha value is -2.85. The van der Waals surface area contributed by atoms with Crippen LogP contribution in [0.3, 0.4) is 0 Å². The van der Waals surface area contributed by atoms with Crippen LogP contribution in [0.1, 0.15) is 0 Å². The Kier molecular flexibility index (Phi) is 4.70. The summed E-state index contributed by atoms with van der Waals surface area (Å²) in [4.78, 5) is 26.7. The number of hydrogen-bond acceptors (Lipinski definition) is 6. The number of carbonyl (C=O) groups is 1. The summed E-state index contributed by atoms with van der Waals surface area (Å²) in [5.41, 5.74) is 0.599. The van der Waals surface area contributed by atoms with Gasteiger partial charge in [0.05, 0.1) is 20.0 Å². The van der Waals surface area contributed by atoms with E-state index in [2.05, 4.69) is 4.99 Å². The van der Waals surface area contributed by atoms with Gasteiger partial charge in [-0.25, -0.2) is 8.42 Å². The van der Waals surface area contributed by atoms with E-state index in [9.17, 15) is 23.3 Å². The smallest absolute Gasteiger partial charge is 0.270 e. The molecule has 0 aliphatic heterocycles. The predicted molar refractivity (Wildman–Crippen MR) is 96.5 cm³/mol. The Morgan fingerprint density at radius 3 is 2.58 bits per heavy atom. The number of amides is 1. The highest BCUT2D eigenvalue weighted by Gasteiger charge is 2.19. The predicted octanol–water partition coefficient (Wildman–Crippen LogP) is 2.05.